The zero-order valence-electron chi connectivity index (χ0n) is 3.87. The minimum Gasteiger partial charge on any atom is -0.326 e. The SMILES string of the molecule is CCOP(O)OO. The molecular formula is C2H7O4P. The lowest BCUT2D eigenvalue weighted by atomic mass is 10.9. The van der Waals surface area contributed by atoms with Crippen molar-refractivity contribution in [3.05, 3.63) is 0 Å². The minimum absolute atomic E-state index is 0.336. The number of hydrogen-bond acceptors (Lipinski definition) is 4. The van der Waals surface area contributed by atoms with Gasteiger partial charge in [-0.2, -0.15) is 4.67 Å². The Morgan fingerprint density at radius 1 is 1.71 bits per heavy atom. The van der Waals surface area contributed by atoms with Crippen molar-refractivity contribution < 1.29 is 19.3 Å². The van der Waals surface area contributed by atoms with Crippen molar-refractivity contribution in [2.24, 2.45) is 0 Å². The van der Waals surface area contributed by atoms with Gasteiger partial charge in [0.15, 0.2) is 0 Å². The van der Waals surface area contributed by atoms with Gasteiger partial charge in [-0.05, 0) is 6.92 Å². The van der Waals surface area contributed by atoms with E-state index in [4.69, 9.17) is 10.2 Å². The van der Waals surface area contributed by atoms with Gasteiger partial charge >= 0.3 is 8.60 Å². The third-order valence-corrected chi connectivity index (χ3v) is 0.928. The van der Waals surface area contributed by atoms with Gasteiger partial charge in [0.05, 0.1) is 6.61 Å². The standard InChI is InChI=1S/C2H7O4P/c1-2-5-7(4)6-3/h3-4H,2H2,1H3. The molecule has 0 fully saturated rings. The molecule has 0 radical (unpaired) electrons. The van der Waals surface area contributed by atoms with Crippen LogP contribution in [0, 0.1) is 0 Å². The Labute approximate surface area is 42.6 Å². The van der Waals surface area contributed by atoms with Gasteiger partial charge in [0, 0.05) is 0 Å². The summed E-state index contributed by atoms with van der Waals surface area (Å²) in [5.41, 5.74) is 0. The van der Waals surface area contributed by atoms with Crippen LogP contribution in [0.5, 0.6) is 0 Å². The monoisotopic (exact) mass is 126 g/mol. The molecule has 44 valence electrons. The molecule has 0 amide bonds. The van der Waals surface area contributed by atoms with E-state index in [9.17, 15) is 0 Å². The molecule has 0 saturated heterocycles. The fourth-order valence-corrected chi connectivity index (χ4v) is 0.402. The summed E-state index contributed by atoms with van der Waals surface area (Å²) in [5.74, 6) is 0. The second kappa shape index (κ2) is 4.43. The summed E-state index contributed by atoms with van der Waals surface area (Å²) in [6.45, 7) is 2.02. The van der Waals surface area contributed by atoms with Crippen LogP contribution in [0.4, 0.5) is 0 Å². The second-order valence-corrected chi connectivity index (χ2v) is 1.63. The Balaban J connectivity index is 2.83. The van der Waals surface area contributed by atoms with E-state index in [1.807, 2.05) is 0 Å². The van der Waals surface area contributed by atoms with Gasteiger partial charge < -0.3 is 9.42 Å². The van der Waals surface area contributed by atoms with Gasteiger partial charge in [-0.25, -0.2) is 5.26 Å². The van der Waals surface area contributed by atoms with Crippen molar-refractivity contribution in [1.82, 2.24) is 0 Å². The van der Waals surface area contributed by atoms with Gasteiger partial charge in [0.25, 0.3) is 0 Å². The van der Waals surface area contributed by atoms with E-state index >= 15 is 0 Å². The largest absolute Gasteiger partial charge is 0.359 e. The van der Waals surface area contributed by atoms with Crippen LogP contribution in [0.3, 0.4) is 0 Å². The molecule has 0 aromatic heterocycles. The Kier molecular flexibility index (Phi) is 4.60. The van der Waals surface area contributed by atoms with Crippen molar-refractivity contribution in [2.45, 2.75) is 6.92 Å². The van der Waals surface area contributed by atoms with Crippen LogP contribution in [0.25, 0.3) is 0 Å². The number of rotatable bonds is 3. The summed E-state index contributed by atoms with van der Waals surface area (Å²) in [6.07, 6.45) is 0. The van der Waals surface area contributed by atoms with E-state index in [0.717, 1.165) is 0 Å². The predicted octanol–water partition coefficient (Wildman–Crippen LogP) is 0.732. The molecule has 0 bridgehead atoms. The highest BCUT2D eigenvalue weighted by Gasteiger charge is 2.00. The molecule has 5 heteroatoms. The van der Waals surface area contributed by atoms with Gasteiger partial charge in [0.2, 0.25) is 0 Å². The Morgan fingerprint density at radius 2 is 2.29 bits per heavy atom. The predicted molar refractivity (Wildman–Crippen MR) is 24.5 cm³/mol. The first-order chi connectivity index (χ1) is 3.31. The van der Waals surface area contributed by atoms with Crippen molar-refractivity contribution in [3.63, 3.8) is 0 Å². The zero-order chi connectivity index (χ0) is 5.70. The van der Waals surface area contributed by atoms with Gasteiger partial charge in [-0.3, -0.25) is 0 Å². The first-order valence-electron chi connectivity index (χ1n) is 1.74. The fourth-order valence-electron chi connectivity index (χ4n) is 0.134. The summed E-state index contributed by atoms with van der Waals surface area (Å²) in [6, 6.07) is 0. The minimum atomic E-state index is -2.02. The van der Waals surface area contributed by atoms with Crippen LogP contribution >= 0.6 is 8.60 Å². The van der Waals surface area contributed by atoms with Crippen molar-refractivity contribution >= 4 is 8.60 Å². The molecule has 0 aliphatic carbocycles. The molecule has 0 aliphatic heterocycles. The van der Waals surface area contributed by atoms with Gasteiger partial charge in [0.1, 0.15) is 0 Å². The summed E-state index contributed by atoms with van der Waals surface area (Å²) in [5, 5.41) is 7.62. The van der Waals surface area contributed by atoms with Crippen molar-refractivity contribution in [3.8, 4) is 0 Å². The van der Waals surface area contributed by atoms with Crippen molar-refractivity contribution in [1.29, 1.82) is 0 Å². The van der Waals surface area contributed by atoms with E-state index in [1.54, 1.807) is 6.92 Å². The average molecular weight is 126 g/mol. The van der Waals surface area contributed by atoms with E-state index in [1.165, 1.54) is 0 Å². The van der Waals surface area contributed by atoms with Crippen LogP contribution in [-0.2, 0) is 9.20 Å². The Hall–Kier alpha value is 0.270. The zero-order valence-corrected chi connectivity index (χ0v) is 4.76. The van der Waals surface area contributed by atoms with E-state index in [-0.39, 0.29) is 0 Å². The summed E-state index contributed by atoms with van der Waals surface area (Å²) in [7, 11) is -2.02. The van der Waals surface area contributed by atoms with E-state index in [2.05, 4.69) is 9.20 Å². The molecule has 7 heavy (non-hydrogen) atoms. The normalized spacial score (nSPS) is 14.1. The second-order valence-electron chi connectivity index (χ2n) is 0.737. The quantitative estimate of drug-likeness (QED) is 0.332. The van der Waals surface area contributed by atoms with Gasteiger partial charge in [-0.1, -0.05) is 0 Å². The molecule has 2 N–H and O–H groups in total. The third kappa shape index (κ3) is 4.12. The van der Waals surface area contributed by atoms with Crippen molar-refractivity contribution in [2.75, 3.05) is 6.61 Å². The summed E-state index contributed by atoms with van der Waals surface area (Å²) in [4.78, 5) is 8.23. The maximum absolute atomic E-state index is 8.23. The van der Waals surface area contributed by atoms with Crippen LogP contribution < -0.4 is 0 Å². The fraction of sp³-hybridized carbons (Fsp3) is 1.00. The maximum Gasteiger partial charge on any atom is 0.359 e. The number of hydrogen-bond donors (Lipinski definition) is 2. The molecule has 1 atom stereocenters. The first-order valence-corrected chi connectivity index (χ1v) is 2.87. The molecule has 0 aromatic carbocycles. The topological polar surface area (TPSA) is 58.9 Å². The lowest BCUT2D eigenvalue weighted by Gasteiger charge is -1.99. The summed E-state index contributed by atoms with van der Waals surface area (Å²) < 4.78 is 7.73. The van der Waals surface area contributed by atoms with E-state index < -0.39 is 8.60 Å². The summed E-state index contributed by atoms with van der Waals surface area (Å²) >= 11 is 0. The van der Waals surface area contributed by atoms with Crippen LogP contribution in [-0.4, -0.2) is 16.8 Å². The molecule has 0 rings (SSSR count). The molecular weight excluding hydrogens is 119 g/mol. The van der Waals surface area contributed by atoms with Crippen LogP contribution in [0.15, 0.2) is 0 Å². The smallest absolute Gasteiger partial charge is 0.326 e. The molecule has 0 aromatic rings. The first kappa shape index (κ1) is 7.27. The molecule has 1 unspecified atom stereocenters. The highest BCUT2D eigenvalue weighted by Crippen LogP contribution is 2.29. The molecule has 0 heterocycles. The lowest BCUT2D eigenvalue weighted by Crippen LogP contribution is -1.83. The third-order valence-electron chi connectivity index (χ3n) is 0.309. The Morgan fingerprint density at radius 3 is 2.43 bits per heavy atom. The molecule has 0 spiro atoms. The maximum atomic E-state index is 8.23. The van der Waals surface area contributed by atoms with Gasteiger partial charge in [-0.15, -0.1) is 0 Å². The average Bonchev–Trinajstić information content (AvgIpc) is 1.68. The highest BCUT2D eigenvalue weighted by molar-refractivity contribution is 7.40. The van der Waals surface area contributed by atoms with E-state index in [0.29, 0.717) is 6.61 Å². The van der Waals surface area contributed by atoms with Crippen LogP contribution in [0.1, 0.15) is 6.92 Å². The molecule has 0 aliphatic rings. The molecule has 0 saturated carbocycles. The molecule has 4 nitrogen and oxygen atoms in total. The van der Waals surface area contributed by atoms with Crippen LogP contribution in [0.2, 0.25) is 0 Å². The highest BCUT2D eigenvalue weighted by atomic mass is 31.2. The lowest BCUT2D eigenvalue weighted by molar-refractivity contribution is -0.149. The Bertz CT molecular complexity index is 40.7.